The van der Waals surface area contributed by atoms with Crippen LogP contribution in [-0.4, -0.2) is 47.2 Å². The van der Waals surface area contributed by atoms with Crippen molar-refractivity contribution in [2.24, 2.45) is 11.8 Å². The van der Waals surface area contributed by atoms with Crippen molar-refractivity contribution >= 4 is 11.9 Å². The van der Waals surface area contributed by atoms with Crippen molar-refractivity contribution in [3.8, 4) is 11.5 Å². The van der Waals surface area contributed by atoms with Crippen molar-refractivity contribution in [2.45, 2.75) is 25.7 Å². The van der Waals surface area contributed by atoms with Crippen LogP contribution in [0.1, 0.15) is 24.8 Å². The van der Waals surface area contributed by atoms with Gasteiger partial charge in [0.2, 0.25) is 11.8 Å². The molecule has 1 unspecified atom stereocenters. The normalized spacial score (nSPS) is 19.7. The van der Waals surface area contributed by atoms with E-state index in [-0.39, 0.29) is 11.8 Å². The molecule has 0 N–H and O–H groups in total. The summed E-state index contributed by atoms with van der Waals surface area (Å²) in [6.45, 7) is 3.16. The van der Waals surface area contributed by atoms with Crippen LogP contribution in [0, 0.1) is 11.8 Å². The molecule has 5 rings (SSSR count). The van der Waals surface area contributed by atoms with Gasteiger partial charge in [0.25, 0.3) is 0 Å². The highest BCUT2D eigenvalue weighted by molar-refractivity contribution is 5.80. The van der Waals surface area contributed by atoms with Crippen molar-refractivity contribution in [1.82, 2.24) is 15.1 Å². The Kier molecular flexibility index (Phi) is 5.69. The lowest BCUT2D eigenvalue weighted by molar-refractivity contribution is -0.136. The van der Waals surface area contributed by atoms with E-state index in [0.29, 0.717) is 24.4 Å². The molecule has 0 spiro atoms. The first-order chi connectivity index (χ1) is 15.3. The van der Waals surface area contributed by atoms with Crippen LogP contribution in [0.3, 0.4) is 0 Å². The lowest BCUT2D eigenvalue weighted by Crippen LogP contribution is -2.42. The molecule has 6 heteroatoms. The van der Waals surface area contributed by atoms with Crippen molar-refractivity contribution in [2.75, 3.05) is 31.1 Å². The fourth-order valence-electron chi connectivity index (χ4n) is 4.74. The summed E-state index contributed by atoms with van der Waals surface area (Å²) >= 11 is 0. The van der Waals surface area contributed by atoms with Crippen molar-refractivity contribution in [3.63, 3.8) is 0 Å². The number of nitrogens with zero attached hydrogens (tertiary/aromatic N) is 4. The lowest BCUT2D eigenvalue weighted by Gasteiger charge is -2.33. The van der Waals surface area contributed by atoms with Gasteiger partial charge < -0.3 is 14.2 Å². The Morgan fingerprint density at radius 2 is 1.61 bits per heavy atom. The number of amides is 1. The zero-order valence-electron chi connectivity index (χ0n) is 17.7. The van der Waals surface area contributed by atoms with E-state index in [1.165, 1.54) is 5.56 Å². The van der Waals surface area contributed by atoms with Crippen molar-refractivity contribution in [1.29, 1.82) is 0 Å². The van der Waals surface area contributed by atoms with Gasteiger partial charge in [-0.15, -0.1) is 5.10 Å². The zero-order chi connectivity index (χ0) is 21.0. The summed E-state index contributed by atoms with van der Waals surface area (Å²) in [6.07, 6.45) is 4.12. The predicted octanol–water partition coefficient (Wildman–Crippen LogP) is 4.04. The summed E-state index contributed by atoms with van der Waals surface area (Å²) in [5.41, 5.74) is 2.31. The first-order valence-corrected chi connectivity index (χ1v) is 11.2. The highest BCUT2D eigenvalue weighted by Gasteiger charge is 2.35. The molecule has 0 bridgehead atoms. The summed E-state index contributed by atoms with van der Waals surface area (Å²) in [5.74, 6) is 1.48. The monoisotopic (exact) mass is 416 g/mol. The molecule has 160 valence electrons. The molecule has 2 aliphatic rings. The zero-order valence-corrected chi connectivity index (χ0v) is 17.7. The van der Waals surface area contributed by atoms with Gasteiger partial charge in [0.1, 0.15) is 0 Å². The van der Waals surface area contributed by atoms with E-state index in [4.69, 9.17) is 4.42 Å². The van der Waals surface area contributed by atoms with Gasteiger partial charge in [-0.2, -0.15) is 0 Å². The van der Waals surface area contributed by atoms with Crippen LogP contribution in [-0.2, 0) is 11.2 Å². The maximum Gasteiger partial charge on any atom is 0.318 e. The largest absolute Gasteiger partial charge is 0.403 e. The van der Waals surface area contributed by atoms with Crippen LogP contribution in [0.15, 0.2) is 65.1 Å². The standard InChI is InChI=1S/C25H28N4O2/c30-24(28-14-11-20(12-15-28)17-19-7-3-1-4-8-19)22-13-16-29(18-22)25-27-26-23(31-25)21-9-5-2-6-10-21/h1-10,20,22H,11-18H2. The van der Waals surface area contributed by atoms with Gasteiger partial charge in [-0.25, -0.2) is 0 Å². The molecule has 2 aromatic carbocycles. The van der Waals surface area contributed by atoms with Crippen molar-refractivity contribution in [3.05, 3.63) is 66.2 Å². The summed E-state index contributed by atoms with van der Waals surface area (Å²) < 4.78 is 5.88. The molecule has 0 saturated carbocycles. The fourth-order valence-corrected chi connectivity index (χ4v) is 4.74. The summed E-state index contributed by atoms with van der Waals surface area (Å²) in [4.78, 5) is 17.2. The quantitative estimate of drug-likeness (QED) is 0.628. The third-order valence-electron chi connectivity index (χ3n) is 6.54. The Morgan fingerprint density at radius 1 is 0.903 bits per heavy atom. The first-order valence-electron chi connectivity index (χ1n) is 11.2. The molecule has 0 radical (unpaired) electrons. The third kappa shape index (κ3) is 4.48. The van der Waals surface area contributed by atoms with Crippen LogP contribution in [0.4, 0.5) is 6.01 Å². The Hall–Kier alpha value is -3.15. The molecule has 3 heterocycles. The van der Waals surface area contributed by atoms with Crippen LogP contribution in [0.2, 0.25) is 0 Å². The molecular weight excluding hydrogens is 388 g/mol. The SMILES string of the molecule is O=C(C1CCN(c2nnc(-c3ccccc3)o2)C1)N1CCC(Cc2ccccc2)CC1. The molecule has 2 saturated heterocycles. The molecule has 3 aromatic rings. The first kappa shape index (κ1) is 19.8. The molecule has 2 aliphatic heterocycles. The molecular formula is C25H28N4O2. The summed E-state index contributed by atoms with van der Waals surface area (Å²) in [7, 11) is 0. The summed E-state index contributed by atoms with van der Waals surface area (Å²) in [6, 6.07) is 20.9. The van der Waals surface area contributed by atoms with Crippen molar-refractivity contribution < 1.29 is 9.21 Å². The number of carbonyl (C=O) groups is 1. The van der Waals surface area contributed by atoms with Crippen LogP contribution < -0.4 is 4.90 Å². The van der Waals surface area contributed by atoms with E-state index in [9.17, 15) is 4.79 Å². The van der Waals surface area contributed by atoms with Gasteiger partial charge in [0.15, 0.2) is 0 Å². The highest BCUT2D eigenvalue weighted by atomic mass is 16.4. The number of piperidine rings is 1. The maximum atomic E-state index is 13.1. The Bertz CT molecular complexity index is 997. The number of hydrogen-bond donors (Lipinski definition) is 0. The topological polar surface area (TPSA) is 62.5 Å². The molecule has 6 nitrogen and oxygen atoms in total. The number of rotatable bonds is 5. The van der Waals surface area contributed by atoms with E-state index >= 15 is 0 Å². The lowest BCUT2D eigenvalue weighted by atomic mass is 9.89. The van der Waals surface area contributed by atoms with Gasteiger partial charge in [-0.05, 0) is 49.3 Å². The Balaban J connectivity index is 1.14. The number of aromatic nitrogens is 2. The third-order valence-corrected chi connectivity index (χ3v) is 6.54. The predicted molar refractivity (Wildman–Crippen MR) is 120 cm³/mol. The van der Waals surface area contributed by atoms with Crippen LogP contribution in [0.5, 0.6) is 0 Å². The Morgan fingerprint density at radius 3 is 2.35 bits per heavy atom. The minimum Gasteiger partial charge on any atom is -0.403 e. The summed E-state index contributed by atoms with van der Waals surface area (Å²) in [5, 5.41) is 8.39. The fraction of sp³-hybridized carbons (Fsp3) is 0.400. The van der Waals surface area contributed by atoms with Gasteiger partial charge in [-0.3, -0.25) is 4.79 Å². The molecule has 1 atom stereocenters. The second kappa shape index (κ2) is 8.92. The van der Waals surface area contributed by atoms with E-state index in [0.717, 1.165) is 50.9 Å². The highest BCUT2D eigenvalue weighted by Crippen LogP contribution is 2.29. The van der Waals surface area contributed by atoms with E-state index in [1.54, 1.807) is 0 Å². The molecule has 1 amide bonds. The molecule has 0 aliphatic carbocycles. The van der Waals surface area contributed by atoms with Crippen LogP contribution in [0.25, 0.3) is 11.5 Å². The van der Waals surface area contributed by atoms with Gasteiger partial charge in [-0.1, -0.05) is 53.6 Å². The van der Waals surface area contributed by atoms with Gasteiger partial charge in [0, 0.05) is 31.7 Å². The van der Waals surface area contributed by atoms with E-state index < -0.39 is 0 Å². The smallest absolute Gasteiger partial charge is 0.318 e. The minimum atomic E-state index is 0.0118. The van der Waals surface area contributed by atoms with Gasteiger partial charge in [0.05, 0.1) is 5.92 Å². The van der Waals surface area contributed by atoms with Crippen LogP contribution >= 0.6 is 0 Å². The number of likely N-dealkylation sites (tertiary alicyclic amines) is 1. The second-order valence-electron chi connectivity index (χ2n) is 8.65. The Labute approximate surface area is 182 Å². The average molecular weight is 417 g/mol. The minimum absolute atomic E-state index is 0.0118. The second-order valence-corrected chi connectivity index (χ2v) is 8.65. The number of anilines is 1. The number of carbonyl (C=O) groups excluding carboxylic acids is 1. The molecule has 1 aromatic heterocycles. The molecule has 2 fully saturated rings. The van der Waals surface area contributed by atoms with E-state index in [2.05, 4.69) is 45.4 Å². The van der Waals surface area contributed by atoms with Gasteiger partial charge >= 0.3 is 6.01 Å². The van der Waals surface area contributed by atoms with E-state index in [1.807, 2.05) is 35.2 Å². The molecule has 31 heavy (non-hydrogen) atoms. The maximum absolute atomic E-state index is 13.1. The number of benzene rings is 2. The number of hydrogen-bond acceptors (Lipinski definition) is 5. The average Bonchev–Trinajstić information content (AvgIpc) is 3.51.